The van der Waals surface area contributed by atoms with Crippen LogP contribution in [0.4, 0.5) is 0 Å². The lowest BCUT2D eigenvalue weighted by Gasteiger charge is -2.06. The van der Waals surface area contributed by atoms with Gasteiger partial charge in [-0.2, -0.15) is 4.28 Å². The number of hydrogen-bond acceptors (Lipinski definition) is 5. The van der Waals surface area contributed by atoms with Gasteiger partial charge in [-0.25, -0.2) is 5.06 Å². The first-order valence-corrected chi connectivity index (χ1v) is 6.75. The second-order valence-electron chi connectivity index (χ2n) is 3.82. The summed E-state index contributed by atoms with van der Waals surface area (Å²) in [5.74, 6) is 0.160. The zero-order valence-electron chi connectivity index (χ0n) is 11.1. The third kappa shape index (κ3) is 5.23. The number of nitrogens with one attached hydrogen (secondary N) is 2. The van der Waals surface area contributed by atoms with Gasteiger partial charge in [0, 0.05) is 37.8 Å². The number of carbonyl (C=O) groups is 1. The van der Waals surface area contributed by atoms with Crippen LogP contribution in [0.2, 0.25) is 0 Å². The maximum Gasteiger partial charge on any atom is 0.232 e. The second-order valence-corrected chi connectivity index (χ2v) is 4.49. The van der Waals surface area contributed by atoms with Gasteiger partial charge in [0.15, 0.2) is 0 Å². The van der Waals surface area contributed by atoms with Crippen LogP contribution >= 0.6 is 12.0 Å². The first-order valence-electron chi connectivity index (χ1n) is 5.84. The number of allylic oxidation sites excluding steroid dienone is 2. The van der Waals surface area contributed by atoms with Crippen molar-refractivity contribution in [2.24, 2.45) is 0 Å². The minimum Gasteiger partial charge on any atom is -0.392 e. The quantitative estimate of drug-likeness (QED) is 0.498. The zero-order chi connectivity index (χ0) is 14.3. The number of nitrogens with zero attached hydrogens (tertiary/aromatic N) is 1. The van der Waals surface area contributed by atoms with E-state index < -0.39 is 0 Å². The summed E-state index contributed by atoms with van der Waals surface area (Å²) in [6.07, 6.45) is 4.17. The number of rotatable bonds is 9. The Hall–Kier alpha value is -1.66. The summed E-state index contributed by atoms with van der Waals surface area (Å²) >= 11 is 1.07. The fraction of sp³-hybridized carbons (Fsp3) is 0.308. The van der Waals surface area contributed by atoms with E-state index in [-0.39, 0.29) is 11.7 Å². The van der Waals surface area contributed by atoms with E-state index in [4.69, 9.17) is 4.28 Å². The van der Waals surface area contributed by atoms with Crippen molar-refractivity contribution in [3.05, 3.63) is 49.0 Å². The molecule has 0 bridgehead atoms. The van der Waals surface area contributed by atoms with Crippen molar-refractivity contribution in [2.75, 3.05) is 19.3 Å². The van der Waals surface area contributed by atoms with Crippen LogP contribution in [0.1, 0.15) is 6.42 Å². The smallest absolute Gasteiger partial charge is 0.232 e. The summed E-state index contributed by atoms with van der Waals surface area (Å²) in [5, 5.41) is 7.26. The molecule has 1 aliphatic rings. The Kier molecular flexibility index (Phi) is 6.24. The summed E-state index contributed by atoms with van der Waals surface area (Å²) in [5.41, 5.74) is 2.56. The molecule has 1 rings (SSSR count). The Morgan fingerprint density at radius 3 is 2.95 bits per heavy atom. The number of hydrogen-bond donors (Lipinski definition) is 2. The maximum absolute atomic E-state index is 11.5. The molecule has 2 N–H and O–H groups in total. The lowest BCUT2D eigenvalue weighted by atomic mass is 10.3. The van der Waals surface area contributed by atoms with Crippen molar-refractivity contribution < 1.29 is 9.08 Å². The van der Waals surface area contributed by atoms with Crippen molar-refractivity contribution in [2.45, 2.75) is 6.42 Å². The average Bonchev–Trinajstić information content (AvgIpc) is 2.99. The largest absolute Gasteiger partial charge is 0.392 e. The predicted molar refractivity (Wildman–Crippen MR) is 78.6 cm³/mol. The highest BCUT2D eigenvalue weighted by Gasteiger charge is 2.33. The Labute approximate surface area is 118 Å². The van der Waals surface area contributed by atoms with Crippen molar-refractivity contribution in [1.29, 1.82) is 0 Å². The molecule has 1 amide bonds. The van der Waals surface area contributed by atoms with E-state index in [1.807, 2.05) is 0 Å². The van der Waals surface area contributed by atoms with Crippen LogP contribution in [0, 0.1) is 0 Å². The molecule has 0 aliphatic carbocycles. The standard InChI is InChI=1S/C13H19N3O2S/c1-5-6-12-11(3)16(12)18-19-9-13(17)15-8-7-10(2)14-4/h5-6,14H,1-3,7-9H2,4H3,(H,15,17)/b12-6+. The molecule has 0 atom stereocenters. The Morgan fingerprint density at radius 1 is 1.58 bits per heavy atom. The van der Waals surface area contributed by atoms with E-state index in [2.05, 4.69) is 30.4 Å². The van der Waals surface area contributed by atoms with E-state index in [1.165, 1.54) is 0 Å². The highest BCUT2D eigenvalue weighted by molar-refractivity contribution is 7.95. The Balaban J connectivity index is 2.08. The molecule has 1 aliphatic heterocycles. The fourth-order valence-electron chi connectivity index (χ4n) is 1.22. The molecular weight excluding hydrogens is 262 g/mol. The first-order chi connectivity index (χ1) is 9.10. The summed E-state index contributed by atoms with van der Waals surface area (Å²) in [7, 11) is 1.80. The third-order valence-corrected chi connectivity index (χ3v) is 3.04. The topological polar surface area (TPSA) is 53.4 Å². The van der Waals surface area contributed by atoms with Crippen LogP contribution < -0.4 is 10.6 Å². The summed E-state index contributed by atoms with van der Waals surface area (Å²) in [6, 6.07) is 0. The number of hydroxylamine groups is 2. The van der Waals surface area contributed by atoms with Crippen LogP contribution in [0.25, 0.3) is 0 Å². The van der Waals surface area contributed by atoms with Gasteiger partial charge in [-0.05, 0) is 6.08 Å². The monoisotopic (exact) mass is 281 g/mol. The minimum absolute atomic E-state index is 0.0735. The van der Waals surface area contributed by atoms with Crippen molar-refractivity contribution in [3.63, 3.8) is 0 Å². The maximum atomic E-state index is 11.5. The molecule has 1 fully saturated rings. The van der Waals surface area contributed by atoms with Gasteiger partial charge < -0.3 is 10.6 Å². The molecule has 0 unspecified atom stereocenters. The summed E-state index contributed by atoms with van der Waals surface area (Å²) in [4.78, 5) is 11.5. The molecule has 0 aromatic carbocycles. The summed E-state index contributed by atoms with van der Waals surface area (Å²) < 4.78 is 5.29. The van der Waals surface area contributed by atoms with Gasteiger partial charge in [0.1, 0.15) is 5.75 Å². The molecule has 104 valence electrons. The van der Waals surface area contributed by atoms with Crippen LogP contribution in [0.5, 0.6) is 0 Å². The Bertz CT molecular complexity index is 418. The average molecular weight is 281 g/mol. The van der Waals surface area contributed by atoms with E-state index in [0.717, 1.165) is 29.1 Å². The van der Waals surface area contributed by atoms with Crippen LogP contribution in [-0.2, 0) is 9.08 Å². The van der Waals surface area contributed by atoms with E-state index in [9.17, 15) is 4.79 Å². The highest BCUT2D eigenvalue weighted by Crippen LogP contribution is 2.38. The summed E-state index contributed by atoms with van der Waals surface area (Å²) in [6.45, 7) is 11.7. The van der Waals surface area contributed by atoms with E-state index in [0.29, 0.717) is 13.0 Å². The van der Waals surface area contributed by atoms with Crippen LogP contribution in [-0.4, -0.2) is 30.3 Å². The van der Waals surface area contributed by atoms with Crippen molar-refractivity contribution in [1.82, 2.24) is 15.7 Å². The molecular formula is C13H19N3O2S. The van der Waals surface area contributed by atoms with Gasteiger partial charge in [0.25, 0.3) is 0 Å². The molecule has 6 heteroatoms. The molecule has 0 radical (unpaired) electrons. The second kappa shape index (κ2) is 7.70. The lowest BCUT2D eigenvalue weighted by Crippen LogP contribution is -2.27. The van der Waals surface area contributed by atoms with Crippen molar-refractivity contribution in [3.8, 4) is 0 Å². The number of carbonyl (C=O) groups excluding carboxylic acids is 1. The van der Waals surface area contributed by atoms with Crippen LogP contribution in [0.15, 0.2) is 49.0 Å². The normalized spacial score (nSPS) is 15.3. The third-order valence-electron chi connectivity index (χ3n) is 2.41. The molecule has 0 aromatic heterocycles. The SMILES string of the molecule is C=C/C=C1\C(=C)N1OSCC(=O)NCCC(=C)NC. The predicted octanol–water partition coefficient (Wildman–Crippen LogP) is 1.70. The highest BCUT2D eigenvalue weighted by atomic mass is 32.2. The molecule has 1 heterocycles. The van der Waals surface area contributed by atoms with Gasteiger partial charge in [-0.15, -0.1) is 0 Å². The van der Waals surface area contributed by atoms with Gasteiger partial charge in [0.05, 0.1) is 11.4 Å². The molecule has 0 saturated carbocycles. The van der Waals surface area contributed by atoms with Gasteiger partial charge in [0.2, 0.25) is 5.91 Å². The van der Waals surface area contributed by atoms with Gasteiger partial charge >= 0.3 is 0 Å². The fourth-order valence-corrected chi connectivity index (χ4v) is 1.76. The molecule has 0 aromatic rings. The van der Waals surface area contributed by atoms with Gasteiger partial charge in [-0.1, -0.05) is 25.8 Å². The minimum atomic E-state index is -0.0735. The van der Waals surface area contributed by atoms with Crippen LogP contribution in [0.3, 0.4) is 0 Å². The Morgan fingerprint density at radius 2 is 2.32 bits per heavy atom. The molecule has 1 saturated heterocycles. The van der Waals surface area contributed by atoms with Gasteiger partial charge in [-0.3, -0.25) is 4.79 Å². The first kappa shape index (κ1) is 15.4. The van der Waals surface area contributed by atoms with Crippen molar-refractivity contribution >= 4 is 17.9 Å². The van der Waals surface area contributed by atoms with E-state index >= 15 is 0 Å². The number of amides is 1. The van der Waals surface area contributed by atoms with E-state index in [1.54, 1.807) is 24.3 Å². The lowest BCUT2D eigenvalue weighted by molar-refractivity contribution is -0.118. The molecule has 5 nitrogen and oxygen atoms in total. The molecule has 0 spiro atoms. The molecule has 19 heavy (non-hydrogen) atoms. The zero-order valence-corrected chi connectivity index (χ0v) is 11.9.